The van der Waals surface area contributed by atoms with Crippen LogP contribution in [0.1, 0.15) is 63.7 Å². The Morgan fingerprint density at radius 2 is 1.88 bits per heavy atom. The van der Waals surface area contributed by atoms with Gasteiger partial charge in [0.2, 0.25) is 10.0 Å². The van der Waals surface area contributed by atoms with Crippen LogP contribution >= 0.6 is 11.3 Å². The van der Waals surface area contributed by atoms with Crippen LogP contribution in [0.4, 0.5) is 0 Å². The number of thiophene rings is 1. The largest absolute Gasteiger partial charge is 0.393 e. The van der Waals surface area contributed by atoms with Crippen LogP contribution in [0.25, 0.3) is 0 Å². The summed E-state index contributed by atoms with van der Waals surface area (Å²) in [6.07, 6.45) is 12.4. The lowest BCUT2D eigenvalue weighted by Gasteiger charge is -2.56. The van der Waals surface area contributed by atoms with Crippen molar-refractivity contribution in [1.82, 2.24) is 4.31 Å². The fourth-order valence-electron chi connectivity index (χ4n) is 7.70. The summed E-state index contributed by atoms with van der Waals surface area (Å²) >= 11 is 1.64. The average molecular weight is 506 g/mol. The maximum Gasteiger partial charge on any atom is 0.211 e. The summed E-state index contributed by atoms with van der Waals surface area (Å²) in [6.45, 7) is 5.16. The van der Waals surface area contributed by atoms with Gasteiger partial charge in [-0.25, -0.2) is 8.42 Å². The zero-order chi connectivity index (χ0) is 24.4. The second-order valence-corrected chi connectivity index (χ2v) is 14.7. The lowest BCUT2D eigenvalue weighted by Crippen LogP contribution is -2.56. The van der Waals surface area contributed by atoms with Crippen LogP contribution in [0.15, 0.2) is 40.8 Å². The second-order valence-electron chi connectivity index (χ2n) is 11.7. The first-order valence-corrected chi connectivity index (χ1v) is 15.5. The number of fused-ring (bicyclic) bond motifs is 5. The molecule has 4 aliphatic rings. The first-order valence-electron chi connectivity index (χ1n) is 12.8. The molecule has 0 saturated heterocycles. The SMILES string of the molecule is C[C@]12CC[C@H](O)CC1=CC=C1[C@@H]2CC[C@@]2(C)[C@H]1CC[C@@]2(O)CN(CCc1cccs1)S(C)(=O)=O. The van der Waals surface area contributed by atoms with Crippen molar-refractivity contribution in [3.8, 4) is 0 Å². The Morgan fingerprint density at radius 1 is 1.12 bits per heavy atom. The molecular weight excluding hydrogens is 466 g/mol. The molecule has 0 spiro atoms. The van der Waals surface area contributed by atoms with E-state index in [4.69, 9.17) is 0 Å². The third kappa shape index (κ3) is 3.96. The summed E-state index contributed by atoms with van der Waals surface area (Å²) in [5.74, 6) is 0.738. The summed E-state index contributed by atoms with van der Waals surface area (Å²) < 4.78 is 27.0. The Morgan fingerprint density at radius 3 is 2.59 bits per heavy atom. The molecular formula is C27H39NO4S2. The smallest absolute Gasteiger partial charge is 0.211 e. The van der Waals surface area contributed by atoms with E-state index in [-0.39, 0.29) is 29.4 Å². The highest BCUT2D eigenvalue weighted by molar-refractivity contribution is 7.88. The Labute approximate surface area is 208 Å². The molecule has 0 amide bonds. The van der Waals surface area contributed by atoms with Crippen LogP contribution < -0.4 is 0 Å². The molecule has 1 aromatic heterocycles. The van der Waals surface area contributed by atoms with Crippen molar-refractivity contribution in [2.24, 2.45) is 22.7 Å². The molecule has 3 saturated carbocycles. The molecule has 0 radical (unpaired) electrons. The predicted molar refractivity (Wildman–Crippen MR) is 137 cm³/mol. The lowest BCUT2D eigenvalue weighted by atomic mass is 9.50. The Balaban J connectivity index is 1.40. The topological polar surface area (TPSA) is 77.8 Å². The number of aliphatic hydroxyl groups is 2. The number of rotatable bonds is 6. The van der Waals surface area contributed by atoms with Gasteiger partial charge in [-0.3, -0.25) is 0 Å². The van der Waals surface area contributed by atoms with Crippen molar-refractivity contribution in [2.45, 2.75) is 76.9 Å². The van der Waals surface area contributed by atoms with Gasteiger partial charge in [0.15, 0.2) is 0 Å². The molecule has 34 heavy (non-hydrogen) atoms. The van der Waals surface area contributed by atoms with Crippen molar-refractivity contribution in [1.29, 1.82) is 0 Å². The van der Waals surface area contributed by atoms with Gasteiger partial charge in [0, 0.05) is 23.4 Å². The maximum atomic E-state index is 12.7. The molecule has 3 fully saturated rings. The molecule has 0 aliphatic heterocycles. The van der Waals surface area contributed by atoms with Gasteiger partial charge in [-0.05, 0) is 80.1 Å². The summed E-state index contributed by atoms with van der Waals surface area (Å²) in [6, 6.07) is 4.03. The monoisotopic (exact) mass is 505 g/mol. The summed E-state index contributed by atoms with van der Waals surface area (Å²) in [4.78, 5) is 1.16. The van der Waals surface area contributed by atoms with Gasteiger partial charge in [0.1, 0.15) is 0 Å². The van der Waals surface area contributed by atoms with Gasteiger partial charge < -0.3 is 10.2 Å². The summed E-state index contributed by atoms with van der Waals surface area (Å²) in [5, 5.41) is 24.3. The quantitative estimate of drug-likeness (QED) is 0.596. The third-order valence-corrected chi connectivity index (χ3v) is 12.1. The van der Waals surface area contributed by atoms with E-state index >= 15 is 0 Å². The first kappa shape index (κ1) is 24.7. The van der Waals surface area contributed by atoms with E-state index in [2.05, 4.69) is 26.0 Å². The fraction of sp³-hybridized carbons (Fsp3) is 0.704. The van der Waals surface area contributed by atoms with Crippen molar-refractivity contribution in [3.05, 3.63) is 45.7 Å². The molecule has 2 N–H and O–H groups in total. The molecule has 1 aromatic rings. The van der Waals surface area contributed by atoms with E-state index in [0.717, 1.165) is 43.4 Å². The van der Waals surface area contributed by atoms with E-state index < -0.39 is 15.6 Å². The van der Waals surface area contributed by atoms with Crippen LogP contribution in [0.3, 0.4) is 0 Å². The van der Waals surface area contributed by atoms with Crippen molar-refractivity contribution in [2.75, 3.05) is 19.3 Å². The minimum absolute atomic E-state index is 0.102. The Hall–Kier alpha value is -0.990. The number of hydrogen-bond acceptors (Lipinski definition) is 5. The van der Waals surface area contributed by atoms with Crippen molar-refractivity contribution < 1.29 is 18.6 Å². The molecule has 4 aliphatic carbocycles. The number of allylic oxidation sites excluding steroid dienone is 3. The molecule has 0 aromatic carbocycles. The predicted octanol–water partition coefficient (Wildman–Crippen LogP) is 4.53. The van der Waals surface area contributed by atoms with Crippen LogP contribution in [-0.4, -0.2) is 54.0 Å². The van der Waals surface area contributed by atoms with Crippen molar-refractivity contribution in [3.63, 3.8) is 0 Å². The normalized spacial score (nSPS) is 39.8. The third-order valence-electron chi connectivity index (χ3n) is 9.96. The van der Waals surface area contributed by atoms with Gasteiger partial charge in [-0.1, -0.05) is 43.2 Å². The van der Waals surface area contributed by atoms with Crippen molar-refractivity contribution >= 4 is 21.4 Å². The number of sulfonamides is 1. The molecule has 0 unspecified atom stereocenters. The van der Waals surface area contributed by atoms with E-state index in [0.29, 0.717) is 25.3 Å². The molecule has 7 heteroatoms. The van der Waals surface area contributed by atoms with Gasteiger partial charge in [-0.2, -0.15) is 4.31 Å². The Kier molecular flexibility index (Phi) is 6.21. The minimum Gasteiger partial charge on any atom is -0.393 e. The summed E-state index contributed by atoms with van der Waals surface area (Å²) in [5.41, 5.74) is 1.57. The Bertz CT molecular complexity index is 1090. The van der Waals surface area contributed by atoms with Crippen LogP contribution in [0, 0.1) is 22.7 Å². The lowest BCUT2D eigenvalue weighted by molar-refractivity contribution is -0.0926. The molecule has 5 nitrogen and oxygen atoms in total. The van der Waals surface area contributed by atoms with E-state index in [1.807, 2.05) is 17.5 Å². The molecule has 5 rings (SSSR count). The minimum atomic E-state index is -3.43. The highest BCUT2D eigenvalue weighted by Crippen LogP contribution is 2.66. The van der Waals surface area contributed by atoms with E-state index in [9.17, 15) is 18.6 Å². The molecule has 1 heterocycles. The standard InChI is InChI=1S/C27H39NO4S2/c1-25-12-8-20(29)17-19(25)6-7-22-23(25)9-13-26(2)24(22)10-14-27(26,30)18-28(34(3,31)32)15-11-21-5-4-16-33-21/h4-7,16,20,23-24,29-30H,8-15,17-18H2,1-3H3/t20-,23-,24-,25-,26-,27+/m0/s1. The second kappa shape index (κ2) is 8.55. The maximum absolute atomic E-state index is 12.7. The first-order chi connectivity index (χ1) is 16.0. The van der Waals surface area contributed by atoms with E-state index in [1.54, 1.807) is 11.3 Å². The van der Waals surface area contributed by atoms with Gasteiger partial charge >= 0.3 is 0 Å². The molecule has 6 atom stereocenters. The zero-order valence-corrected chi connectivity index (χ0v) is 22.3. The number of aliphatic hydroxyl groups excluding tert-OH is 1. The fourth-order valence-corrected chi connectivity index (χ4v) is 9.27. The van der Waals surface area contributed by atoms with Gasteiger partial charge in [0.25, 0.3) is 0 Å². The van der Waals surface area contributed by atoms with Crippen LogP contribution in [0.5, 0.6) is 0 Å². The zero-order valence-electron chi connectivity index (χ0n) is 20.7. The van der Waals surface area contributed by atoms with Gasteiger partial charge in [-0.15, -0.1) is 11.3 Å². The summed E-state index contributed by atoms with van der Waals surface area (Å²) in [7, 11) is -3.43. The highest BCUT2D eigenvalue weighted by atomic mass is 32.2. The molecule has 188 valence electrons. The highest BCUT2D eigenvalue weighted by Gasteiger charge is 2.62. The number of nitrogens with zero attached hydrogens (tertiary/aromatic N) is 1. The van der Waals surface area contributed by atoms with E-state index in [1.165, 1.54) is 21.7 Å². The average Bonchev–Trinajstić information content (AvgIpc) is 3.37. The van der Waals surface area contributed by atoms with Crippen LogP contribution in [-0.2, 0) is 16.4 Å². The number of hydrogen-bond donors (Lipinski definition) is 2. The molecule has 0 bridgehead atoms. The van der Waals surface area contributed by atoms with Crippen LogP contribution in [0.2, 0.25) is 0 Å². The van der Waals surface area contributed by atoms with Gasteiger partial charge in [0.05, 0.1) is 18.0 Å².